The molecular formula is C14H23N5O3S. The van der Waals surface area contributed by atoms with E-state index in [1.54, 1.807) is 12.3 Å². The van der Waals surface area contributed by atoms with Crippen LogP contribution in [0.3, 0.4) is 0 Å². The highest BCUT2D eigenvalue weighted by Crippen LogP contribution is 2.19. The normalized spacial score (nSPS) is 17.0. The van der Waals surface area contributed by atoms with Gasteiger partial charge < -0.3 is 10.2 Å². The van der Waals surface area contributed by atoms with E-state index in [1.165, 1.54) is 10.6 Å². The number of carbonyl (C=O) groups is 1. The first-order valence-electron chi connectivity index (χ1n) is 7.49. The van der Waals surface area contributed by atoms with Crippen LogP contribution in [0.5, 0.6) is 0 Å². The molecule has 1 N–H and O–H groups in total. The predicted octanol–water partition coefficient (Wildman–Crippen LogP) is -0.170. The third-order valence-corrected chi connectivity index (χ3v) is 5.17. The third kappa shape index (κ3) is 4.87. The van der Waals surface area contributed by atoms with Gasteiger partial charge in [-0.2, -0.15) is 0 Å². The molecule has 0 aromatic carbocycles. The molecule has 9 heteroatoms. The van der Waals surface area contributed by atoms with Gasteiger partial charge in [-0.3, -0.25) is 4.79 Å². The van der Waals surface area contributed by atoms with Crippen molar-refractivity contribution in [2.45, 2.75) is 19.4 Å². The summed E-state index contributed by atoms with van der Waals surface area (Å²) in [5.41, 5.74) is 0. The number of carbonyl (C=O) groups excluding carboxylic acids is 1. The van der Waals surface area contributed by atoms with E-state index in [4.69, 9.17) is 0 Å². The van der Waals surface area contributed by atoms with Crippen LogP contribution in [-0.4, -0.2) is 62.0 Å². The van der Waals surface area contributed by atoms with Crippen LogP contribution in [0.4, 0.5) is 5.82 Å². The van der Waals surface area contributed by atoms with Gasteiger partial charge in [-0.15, -0.1) is 0 Å². The summed E-state index contributed by atoms with van der Waals surface area (Å²) in [4.78, 5) is 22.6. The van der Waals surface area contributed by atoms with Crippen molar-refractivity contribution in [3.05, 3.63) is 18.1 Å². The van der Waals surface area contributed by atoms with Crippen molar-refractivity contribution in [3.8, 4) is 0 Å². The van der Waals surface area contributed by atoms with Gasteiger partial charge in [0, 0.05) is 39.3 Å². The van der Waals surface area contributed by atoms with Gasteiger partial charge in [0.1, 0.15) is 11.6 Å². The number of aromatic nitrogens is 2. The summed E-state index contributed by atoms with van der Waals surface area (Å²) in [5.74, 6) is 1.10. The number of nitrogens with zero attached hydrogens (tertiary/aromatic N) is 4. The molecule has 0 unspecified atom stereocenters. The number of piperidine rings is 1. The van der Waals surface area contributed by atoms with Crippen LogP contribution in [-0.2, 0) is 21.4 Å². The molecule has 0 spiro atoms. The highest BCUT2D eigenvalue weighted by molar-refractivity contribution is 7.88. The molecule has 1 aromatic rings. The molecule has 2 heterocycles. The maximum Gasteiger partial charge on any atom is 0.223 e. The van der Waals surface area contributed by atoms with E-state index in [1.807, 2.05) is 19.0 Å². The van der Waals surface area contributed by atoms with Crippen LogP contribution < -0.4 is 10.2 Å². The summed E-state index contributed by atoms with van der Waals surface area (Å²) >= 11 is 0. The molecule has 0 radical (unpaired) electrons. The lowest BCUT2D eigenvalue weighted by Crippen LogP contribution is -2.42. The Morgan fingerprint density at radius 1 is 1.39 bits per heavy atom. The van der Waals surface area contributed by atoms with Crippen molar-refractivity contribution in [3.63, 3.8) is 0 Å². The molecule has 2 rings (SSSR count). The van der Waals surface area contributed by atoms with Gasteiger partial charge in [-0.25, -0.2) is 22.7 Å². The molecule has 0 aliphatic carbocycles. The molecule has 8 nitrogen and oxygen atoms in total. The number of amides is 1. The molecule has 128 valence electrons. The summed E-state index contributed by atoms with van der Waals surface area (Å²) in [6.45, 7) is 1.06. The first kappa shape index (κ1) is 17.6. The van der Waals surface area contributed by atoms with E-state index in [2.05, 4.69) is 15.3 Å². The van der Waals surface area contributed by atoms with Crippen LogP contribution >= 0.6 is 0 Å². The molecule has 0 saturated carbocycles. The fourth-order valence-electron chi connectivity index (χ4n) is 2.48. The highest BCUT2D eigenvalue weighted by Gasteiger charge is 2.28. The minimum Gasteiger partial charge on any atom is -0.363 e. The fraction of sp³-hybridized carbons (Fsp3) is 0.643. The lowest BCUT2D eigenvalue weighted by molar-refractivity contribution is -0.126. The lowest BCUT2D eigenvalue weighted by Gasteiger charge is -2.29. The van der Waals surface area contributed by atoms with Gasteiger partial charge in [-0.1, -0.05) is 0 Å². The van der Waals surface area contributed by atoms with Crippen molar-refractivity contribution in [2.75, 3.05) is 38.3 Å². The Bertz CT molecular complexity index is 654. The summed E-state index contributed by atoms with van der Waals surface area (Å²) in [7, 11) is 0.612. The number of anilines is 1. The van der Waals surface area contributed by atoms with Crippen LogP contribution in [0.25, 0.3) is 0 Å². The average molecular weight is 341 g/mol. The quantitative estimate of drug-likeness (QED) is 0.799. The van der Waals surface area contributed by atoms with E-state index in [-0.39, 0.29) is 18.4 Å². The van der Waals surface area contributed by atoms with Gasteiger partial charge in [0.25, 0.3) is 0 Å². The van der Waals surface area contributed by atoms with E-state index in [0.717, 1.165) is 5.82 Å². The van der Waals surface area contributed by atoms with Gasteiger partial charge in [0.05, 0.1) is 12.8 Å². The largest absolute Gasteiger partial charge is 0.363 e. The zero-order valence-electron chi connectivity index (χ0n) is 13.7. The molecule has 1 amide bonds. The fourth-order valence-corrected chi connectivity index (χ4v) is 3.36. The van der Waals surface area contributed by atoms with Crippen LogP contribution in [0.2, 0.25) is 0 Å². The summed E-state index contributed by atoms with van der Waals surface area (Å²) in [5, 5.41) is 2.84. The maximum atomic E-state index is 12.2. The van der Waals surface area contributed by atoms with Crippen LogP contribution in [0.15, 0.2) is 12.3 Å². The average Bonchev–Trinajstić information content (AvgIpc) is 2.52. The van der Waals surface area contributed by atoms with Crippen molar-refractivity contribution in [1.82, 2.24) is 19.6 Å². The van der Waals surface area contributed by atoms with Crippen molar-refractivity contribution in [2.24, 2.45) is 5.92 Å². The molecular weight excluding hydrogens is 318 g/mol. The third-order valence-electron chi connectivity index (χ3n) is 3.86. The van der Waals surface area contributed by atoms with E-state index in [9.17, 15) is 13.2 Å². The first-order valence-corrected chi connectivity index (χ1v) is 9.34. The number of sulfonamides is 1. The molecule has 1 aliphatic heterocycles. The van der Waals surface area contributed by atoms with E-state index < -0.39 is 10.0 Å². The number of nitrogens with one attached hydrogen (secondary N) is 1. The second kappa shape index (κ2) is 7.22. The Morgan fingerprint density at radius 2 is 2.04 bits per heavy atom. The maximum absolute atomic E-state index is 12.2. The van der Waals surface area contributed by atoms with E-state index in [0.29, 0.717) is 31.8 Å². The molecule has 1 fully saturated rings. The smallest absolute Gasteiger partial charge is 0.223 e. The monoisotopic (exact) mass is 341 g/mol. The Hall–Kier alpha value is -1.74. The molecule has 23 heavy (non-hydrogen) atoms. The lowest BCUT2D eigenvalue weighted by atomic mass is 9.97. The molecule has 1 aromatic heterocycles. The van der Waals surface area contributed by atoms with Crippen molar-refractivity contribution < 1.29 is 13.2 Å². The Morgan fingerprint density at radius 3 is 2.61 bits per heavy atom. The number of rotatable bonds is 5. The molecule has 0 atom stereocenters. The molecule has 1 saturated heterocycles. The van der Waals surface area contributed by atoms with Crippen LogP contribution in [0.1, 0.15) is 18.7 Å². The van der Waals surface area contributed by atoms with Gasteiger partial charge in [0.2, 0.25) is 15.9 Å². The predicted molar refractivity (Wildman–Crippen MR) is 87.3 cm³/mol. The van der Waals surface area contributed by atoms with Gasteiger partial charge in [-0.05, 0) is 18.9 Å². The Labute approximate surface area is 137 Å². The van der Waals surface area contributed by atoms with Crippen LogP contribution in [0, 0.1) is 5.92 Å². The summed E-state index contributed by atoms with van der Waals surface area (Å²) in [6, 6.07) is 1.80. The topological polar surface area (TPSA) is 95.5 Å². The van der Waals surface area contributed by atoms with Gasteiger partial charge in [0.15, 0.2) is 0 Å². The Balaban J connectivity index is 1.85. The summed E-state index contributed by atoms with van der Waals surface area (Å²) < 4.78 is 24.3. The van der Waals surface area contributed by atoms with E-state index >= 15 is 0 Å². The van der Waals surface area contributed by atoms with Gasteiger partial charge >= 0.3 is 0 Å². The number of hydrogen-bond acceptors (Lipinski definition) is 6. The van der Waals surface area contributed by atoms with Crippen molar-refractivity contribution >= 4 is 21.7 Å². The second-order valence-electron chi connectivity index (χ2n) is 5.88. The zero-order chi connectivity index (χ0) is 17.0. The summed E-state index contributed by atoms with van der Waals surface area (Å²) in [6.07, 6.45) is 3.94. The SMILES string of the molecule is CN(C)c1ccnc(CNC(=O)C2CCN(S(C)(=O)=O)CC2)n1. The van der Waals surface area contributed by atoms with Crippen molar-refractivity contribution in [1.29, 1.82) is 0 Å². The highest BCUT2D eigenvalue weighted by atomic mass is 32.2. The first-order chi connectivity index (χ1) is 10.8. The Kier molecular flexibility index (Phi) is 5.53. The molecule has 0 bridgehead atoms. The second-order valence-corrected chi connectivity index (χ2v) is 7.86. The number of hydrogen-bond donors (Lipinski definition) is 1. The minimum absolute atomic E-state index is 0.0722. The molecule has 1 aliphatic rings. The standard InChI is InChI=1S/C14H23N5O3S/c1-18(2)13-4-7-15-12(17-13)10-16-14(20)11-5-8-19(9-6-11)23(3,21)22/h4,7,11H,5-6,8-10H2,1-3H3,(H,16,20). The minimum atomic E-state index is -3.17. The zero-order valence-corrected chi connectivity index (χ0v) is 14.5.